The normalized spacial score (nSPS) is 11.4. The van der Waals surface area contributed by atoms with Crippen molar-refractivity contribution in [1.82, 2.24) is 0 Å². The van der Waals surface area contributed by atoms with E-state index < -0.39 is 8.07 Å². The maximum Gasteiger partial charge on any atom is 0.307 e. The summed E-state index contributed by atoms with van der Waals surface area (Å²) in [6.45, 7) is 9.64. The minimum Gasteiger partial charge on any atom is -0.438 e. The van der Waals surface area contributed by atoms with Crippen LogP contribution in [0, 0.1) is 0 Å². The lowest BCUT2D eigenvalue weighted by Gasteiger charge is -2.15. The zero-order valence-corrected chi connectivity index (χ0v) is 10.8. The Hall–Kier alpha value is -0.353. The molecule has 0 saturated heterocycles. The molecule has 0 aromatic rings. The van der Waals surface area contributed by atoms with Gasteiger partial charge in [-0.25, -0.2) is 0 Å². The van der Waals surface area contributed by atoms with Gasteiger partial charge in [-0.05, 0) is 12.5 Å². The molecule has 0 aromatic heterocycles. The largest absolute Gasteiger partial charge is 0.438 e. The summed E-state index contributed by atoms with van der Waals surface area (Å²) in [7, 11) is -1.02. The second-order valence-corrected chi connectivity index (χ2v) is 10.2. The summed E-state index contributed by atoms with van der Waals surface area (Å²) in [5, 5.41) is 0. The van der Waals surface area contributed by atoms with Crippen LogP contribution >= 0.6 is 0 Å². The quantitative estimate of drug-likeness (QED) is 0.285. The fraction of sp³-hybridized carbons (Fsp3) is 0.900. The molecule has 0 unspecified atom stereocenters. The average Bonchev–Trinajstić information content (AvgIpc) is 2.02. The molecule has 0 spiro atoms. The Kier molecular flexibility index (Phi) is 6.83. The van der Waals surface area contributed by atoms with Crippen molar-refractivity contribution in [3.8, 4) is 0 Å². The summed E-state index contributed by atoms with van der Waals surface area (Å²) in [5.74, 6) is -0.166. The van der Waals surface area contributed by atoms with E-state index in [1.165, 1.54) is 0 Å². The standard InChI is InChI=1S/C10H22O3Si/c1-5-6-10(11)13-9-12-7-8-14(2,3)4/h5-9H2,1-4H3. The Morgan fingerprint density at radius 2 is 1.93 bits per heavy atom. The van der Waals surface area contributed by atoms with Gasteiger partial charge < -0.3 is 9.47 Å². The van der Waals surface area contributed by atoms with E-state index in [2.05, 4.69) is 19.6 Å². The molecule has 0 heterocycles. The van der Waals surface area contributed by atoms with Crippen molar-refractivity contribution in [2.75, 3.05) is 13.4 Å². The van der Waals surface area contributed by atoms with Crippen molar-refractivity contribution in [3.05, 3.63) is 0 Å². The Balaban J connectivity index is 3.26. The summed E-state index contributed by atoms with van der Waals surface area (Å²) >= 11 is 0. The SMILES string of the molecule is CCCC(=O)OCOCC[Si](C)(C)C. The van der Waals surface area contributed by atoms with E-state index in [4.69, 9.17) is 9.47 Å². The summed E-state index contributed by atoms with van der Waals surface area (Å²) in [4.78, 5) is 10.9. The van der Waals surface area contributed by atoms with Crippen LogP contribution in [0.25, 0.3) is 0 Å². The predicted octanol–water partition coefficient (Wildman–Crippen LogP) is 2.64. The Morgan fingerprint density at radius 3 is 2.43 bits per heavy atom. The van der Waals surface area contributed by atoms with Gasteiger partial charge in [-0.2, -0.15) is 0 Å². The van der Waals surface area contributed by atoms with Crippen LogP contribution in [0.5, 0.6) is 0 Å². The van der Waals surface area contributed by atoms with Gasteiger partial charge in [0.25, 0.3) is 0 Å². The van der Waals surface area contributed by atoms with Gasteiger partial charge in [0.15, 0.2) is 6.79 Å². The van der Waals surface area contributed by atoms with Crippen LogP contribution in [0.4, 0.5) is 0 Å². The molecule has 14 heavy (non-hydrogen) atoms. The summed E-state index contributed by atoms with van der Waals surface area (Å²) in [5.41, 5.74) is 0. The molecule has 0 bridgehead atoms. The lowest BCUT2D eigenvalue weighted by Crippen LogP contribution is -2.22. The second kappa shape index (κ2) is 7.01. The van der Waals surface area contributed by atoms with Gasteiger partial charge in [-0.3, -0.25) is 4.79 Å². The van der Waals surface area contributed by atoms with Crippen molar-refractivity contribution in [1.29, 1.82) is 0 Å². The molecule has 0 rings (SSSR count). The van der Waals surface area contributed by atoms with Crippen molar-refractivity contribution in [2.45, 2.75) is 45.5 Å². The van der Waals surface area contributed by atoms with E-state index in [9.17, 15) is 4.79 Å². The molecule has 0 aliphatic heterocycles. The number of hydrogen-bond donors (Lipinski definition) is 0. The number of carbonyl (C=O) groups is 1. The van der Waals surface area contributed by atoms with Gasteiger partial charge in [0.2, 0.25) is 0 Å². The van der Waals surface area contributed by atoms with Gasteiger partial charge in [0.05, 0.1) is 0 Å². The molecule has 4 heteroatoms. The van der Waals surface area contributed by atoms with Crippen LogP contribution < -0.4 is 0 Å². The van der Waals surface area contributed by atoms with Crippen LogP contribution in [-0.2, 0) is 14.3 Å². The molecular formula is C10H22O3Si. The van der Waals surface area contributed by atoms with Crippen LogP contribution in [0.3, 0.4) is 0 Å². The van der Waals surface area contributed by atoms with E-state index in [0.717, 1.165) is 12.5 Å². The highest BCUT2D eigenvalue weighted by atomic mass is 28.3. The Morgan fingerprint density at radius 1 is 1.29 bits per heavy atom. The summed E-state index contributed by atoms with van der Waals surface area (Å²) < 4.78 is 10.1. The minimum absolute atomic E-state index is 0.114. The molecule has 0 N–H and O–H groups in total. The van der Waals surface area contributed by atoms with E-state index in [1.807, 2.05) is 6.92 Å². The van der Waals surface area contributed by atoms with E-state index in [0.29, 0.717) is 13.0 Å². The third kappa shape index (κ3) is 9.73. The third-order valence-electron chi connectivity index (χ3n) is 1.75. The zero-order chi connectivity index (χ0) is 11.0. The van der Waals surface area contributed by atoms with Gasteiger partial charge in [-0.15, -0.1) is 0 Å². The van der Waals surface area contributed by atoms with E-state index in [-0.39, 0.29) is 12.8 Å². The fourth-order valence-corrected chi connectivity index (χ4v) is 1.58. The first kappa shape index (κ1) is 13.6. The van der Waals surface area contributed by atoms with Crippen molar-refractivity contribution in [2.24, 2.45) is 0 Å². The Bertz CT molecular complexity index is 163. The van der Waals surface area contributed by atoms with E-state index >= 15 is 0 Å². The minimum atomic E-state index is -1.02. The number of rotatable bonds is 7. The molecule has 0 fully saturated rings. The lowest BCUT2D eigenvalue weighted by molar-refractivity contribution is -0.155. The number of esters is 1. The maximum atomic E-state index is 10.9. The van der Waals surface area contributed by atoms with Crippen LogP contribution in [0.15, 0.2) is 0 Å². The number of ether oxygens (including phenoxy) is 2. The van der Waals surface area contributed by atoms with Gasteiger partial charge >= 0.3 is 5.97 Å². The topological polar surface area (TPSA) is 35.5 Å². The fourth-order valence-electron chi connectivity index (χ4n) is 0.821. The zero-order valence-electron chi connectivity index (χ0n) is 9.76. The lowest BCUT2D eigenvalue weighted by atomic mass is 10.3. The second-order valence-electron chi connectivity index (χ2n) is 4.60. The molecule has 0 aliphatic rings. The van der Waals surface area contributed by atoms with Gasteiger partial charge in [0, 0.05) is 21.1 Å². The number of hydrogen-bond acceptors (Lipinski definition) is 3. The van der Waals surface area contributed by atoms with Crippen molar-refractivity contribution < 1.29 is 14.3 Å². The van der Waals surface area contributed by atoms with Gasteiger partial charge in [0.1, 0.15) is 0 Å². The van der Waals surface area contributed by atoms with Crippen molar-refractivity contribution in [3.63, 3.8) is 0 Å². The van der Waals surface area contributed by atoms with Crippen molar-refractivity contribution >= 4 is 14.0 Å². The molecule has 0 saturated carbocycles. The maximum absolute atomic E-state index is 10.9. The molecule has 0 atom stereocenters. The highest BCUT2D eigenvalue weighted by Gasteiger charge is 2.12. The molecule has 0 amide bonds. The highest BCUT2D eigenvalue weighted by Crippen LogP contribution is 2.07. The van der Waals surface area contributed by atoms with Crippen LogP contribution in [0.2, 0.25) is 25.7 Å². The molecule has 0 aliphatic carbocycles. The first-order valence-electron chi connectivity index (χ1n) is 5.19. The molecular weight excluding hydrogens is 196 g/mol. The van der Waals surface area contributed by atoms with Crippen LogP contribution in [-0.4, -0.2) is 27.4 Å². The summed E-state index contributed by atoms with van der Waals surface area (Å²) in [6.07, 6.45) is 1.31. The molecule has 0 aromatic carbocycles. The van der Waals surface area contributed by atoms with E-state index in [1.54, 1.807) is 0 Å². The average molecular weight is 218 g/mol. The Labute approximate surface area is 87.8 Å². The number of carbonyl (C=O) groups excluding carboxylic acids is 1. The molecule has 0 radical (unpaired) electrons. The highest BCUT2D eigenvalue weighted by molar-refractivity contribution is 6.76. The summed E-state index contributed by atoms with van der Waals surface area (Å²) in [6, 6.07) is 1.11. The monoisotopic (exact) mass is 218 g/mol. The smallest absolute Gasteiger partial charge is 0.307 e. The molecule has 84 valence electrons. The van der Waals surface area contributed by atoms with Gasteiger partial charge in [-0.1, -0.05) is 26.6 Å². The molecule has 3 nitrogen and oxygen atoms in total. The van der Waals surface area contributed by atoms with Crippen LogP contribution in [0.1, 0.15) is 19.8 Å². The predicted molar refractivity (Wildman–Crippen MR) is 60.0 cm³/mol. The third-order valence-corrected chi connectivity index (χ3v) is 3.46. The first-order chi connectivity index (χ1) is 6.45. The first-order valence-corrected chi connectivity index (χ1v) is 8.90.